The third-order valence-electron chi connectivity index (χ3n) is 2.02. The van der Waals surface area contributed by atoms with Crippen molar-refractivity contribution in [2.75, 3.05) is 19.8 Å². The van der Waals surface area contributed by atoms with Gasteiger partial charge in [-0.15, -0.1) is 6.61 Å². The Morgan fingerprint density at radius 1 is 1.30 bits per heavy atom. The van der Waals surface area contributed by atoms with Gasteiger partial charge in [0, 0.05) is 24.3 Å². The average Bonchev–Trinajstić information content (AvgIpc) is 2.28. The fraction of sp³-hybridized carbons (Fsp3) is 0.818. The first kappa shape index (κ1) is 27.1. The van der Waals surface area contributed by atoms with E-state index in [4.69, 9.17) is 10.2 Å². The lowest BCUT2D eigenvalue weighted by atomic mass is 9.87. The van der Waals surface area contributed by atoms with E-state index in [0.717, 1.165) is 0 Å². The van der Waals surface area contributed by atoms with Crippen molar-refractivity contribution in [1.29, 1.82) is 0 Å². The standard InChI is InChI=1S/C9H17NO5.C2H5O.2H3N/c1-9(2,5-11)7(14)8(15)10-4-3-6(12)13;1-2-3;;/h7,11,14H,3-5H2,1-2H3,(H,10,15)(H,12,13);2H2,1H3;2*1H3/q;-1;;/p+1/t7-;;;/m0.../s1. The summed E-state index contributed by atoms with van der Waals surface area (Å²) in [6.07, 6.45) is -1.68. The Hall–Kier alpha value is -1.26. The summed E-state index contributed by atoms with van der Waals surface area (Å²) in [5.41, 5.74) is -0.953. The van der Waals surface area contributed by atoms with E-state index in [1.54, 1.807) is 6.92 Å². The minimum atomic E-state index is -1.37. The molecule has 0 heterocycles. The molecule has 0 radical (unpaired) electrons. The van der Waals surface area contributed by atoms with E-state index in [9.17, 15) is 19.8 Å². The first-order chi connectivity index (χ1) is 8.22. The molecule has 0 aromatic rings. The molecule has 0 aliphatic rings. The summed E-state index contributed by atoms with van der Waals surface area (Å²) in [6.45, 7) is 4.17. The summed E-state index contributed by atoms with van der Waals surface area (Å²) < 4.78 is 0. The number of carbonyl (C=O) groups excluding carboxylic acids is 2. The fourth-order valence-corrected chi connectivity index (χ4v) is 0.826. The van der Waals surface area contributed by atoms with Crippen LogP contribution in [0.4, 0.5) is 0 Å². The van der Waals surface area contributed by atoms with Gasteiger partial charge in [-0.1, -0.05) is 20.8 Å². The maximum atomic E-state index is 11.2. The number of carbonyl (C=O) groups is 2. The molecule has 0 saturated heterocycles. The van der Waals surface area contributed by atoms with Crippen molar-refractivity contribution in [1.82, 2.24) is 17.6 Å². The van der Waals surface area contributed by atoms with Crippen LogP contribution in [0.25, 0.3) is 0 Å². The minimum absolute atomic E-state index is 0. The highest BCUT2D eigenvalue weighted by molar-refractivity contribution is 5.81. The molecule has 0 aromatic carbocycles. The number of nitrogens with one attached hydrogen (secondary N) is 1. The molecule has 124 valence electrons. The Morgan fingerprint density at radius 3 is 2.00 bits per heavy atom. The minimum Gasteiger partial charge on any atom is -0.855 e. The van der Waals surface area contributed by atoms with Crippen molar-refractivity contribution >= 4 is 11.9 Å². The molecule has 0 unspecified atom stereocenters. The number of carboxylic acid groups (broad SMARTS) is 1. The molecule has 1 atom stereocenters. The molecule has 11 N–H and O–H groups in total. The zero-order valence-electron chi connectivity index (χ0n) is 12.9. The van der Waals surface area contributed by atoms with Gasteiger partial charge in [0.15, 0.2) is 0 Å². The van der Waals surface area contributed by atoms with Gasteiger partial charge < -0.3 is 42.8 Å². The summed E-state index contributed by atoms with van der Waals surface area (Å²) in [5.74, 6) is -1.97. The van der Waals surface area contributed by atoms with Gasteiger partial charge in [-0.05, 0) is 0 Å². The maximum absolute atomic E-state index is 11.2. The predicted molar refractivity (Wildman–Crippen MR) is 72.0 cm³/mol. The van der Waals surface area contributed by atoms with E-state index in [1.807, 2.05) is 0 Å². The number of hydrogen-bond donors (Lipinski definition) is 5. The monoisotopic (exact) mass is 299 g/mol. The van der Waals surface area contributed by atoms with Crippen molar-refractivity contribution in [2.45, 2.75) is 33.3 Å². The fourth-order valence-electron chi connectivity index (χ4n) is 0.826. The van der Waals surface area contributed by atoms with Crippen LogP contribution in [0, 0.1) is 5.41 Å². The van der Waals surface area contributed by atoms with Crippen molar-refractivity contribution in [2.24, 2.45) is 5.41 Å². The highest BCUT2D eigenvalue weighted by Crippen LogP contribution is 2.19. The zero-order chi connectivity index (χ0) is 14.8. The molecule has 0 fully saturated rings. The van der Waals surface area contributed by atoms with Gasteiger partial charge in [-0.2, -0.15) is 0 Å². The highest BCUT2D eigenvalue weighted by Gasteiger charge is 2.32. The highest BCUT2D eigenvalue weighted by atomic mass is 16.4. The molecule has 0 aliphatic carbocycles. The Bertz CT molecular complexity index is 261. The lowest BCUT2D eigenvalue weighted by Crippen LogP contribution is -2.46. The predicted octanol–water partition coefficient (Wildman–Crippen LogP) is -2.26. The summed E-state index contributed by atoms with van der Waals surface area (Å²) in [7, 11) is 0. The smallest absolute Gasteiger partial charge is 0.249 e. The van der Waals surface area contributed by atoms with Crippen LogP contribution < -0.4 is 27.8 Å². The second-order valence-electron chi connectivity index (χ2n) is 4.25. The van der Waals surface area contributed by atoms with Crippen molar-refractivity contribution in [3.63, 3.8) is 0 Å². The number of aliphatic carboxylic acids is 1. The first-order valence-corrected chi connectivity index (χ1v) is 5.57. The number of aliphatic hydroxyl groups excluding tert-OH is 2. The number of hydrogen-bond acceptors (Lipinski definition) is 6. The van der Waals surface area contributed by atoms with Crippen molar-refractivity contribution in [3.05, 3.63) is 0 Å². The van der Waals surface area contributed by atoms with Gasteiger partial charge in [0.1, 0.15) is 6.10 Å². The second-order valence-corrected chi connectivity index (χ2v) is 4.25. The molecule has 0 saturated carbocycles. The van der Waals surface area contributed by atoms with Gasteiger partial charge >= 0.3 is 0 Å². The summed E-state index contributed by atoms with van der Waals surface area (Å²) in [6, 6.07) is 0. The van der Waals surface area contributed by atoms with Crippen LogP contribution in [0.15, 0.2) is 0 Å². The lowest BCUT2D eigenvalue weighted by Gasteiger charge is -2.27. The molecule has 0 bridgehead atoms. The van der Waals surface area contributed by atoms with Crippen LogP contribution in [-0.2, 0) is 9.59 Å². The summed E-state index contributed by atoms with van der Waals surface area (Å²) in [4.78, 5) is 21.3. The molecular formula is C11H29N3O6. The second kappa shape index (κ2) is 14.2. The normalized spacial score (nSPS) is 10.9. The largest absolute Gasteiger partial charge is 0.855 e. The number of quaternary nitrogens is 2. The summed E-state index contributed by atoms with van der Waals surface area (Å²) >= 11 is 0. The first-order valence-electron chi connectivity index (χ1n) is 5.57. The van der Waals surface area contributed by atoms with Crippen LogP contribution >= 0.6 is 0 Å². The molecular weight excluding hydrogens is 270 g/mol. The van der Waals surface area contributed by atoms with E-state index in [0.29, 0.717) is 0 Å². The van der Waals surface area contributed by atoms with Crippen molar-refractivity contribution < 1.29 is 30.0 Å². The average molecular weight is 299 g/mol. The Morgan fingerprint density at radius 2 is 1.70 bits per heavy atom. The molecule has 20 heavy (non-hydrogen) atoms. The van der Waals surface area contributed by atoms with E-state index < -0.39 is 23.4 Å². The van der Waals surface area contributed by atoms with E-state index in [2.05, 4.69) is 5.32 Å². The van der Waals surface area contributed by atoms with Gasteiger partial charge in [0.25, 0.3) is 0 Å². The van der Waals surface area contributed by atoms with Gasteiger partial charge in [-0.25, -0.2) is 0 Å². The molecule has 1 amide bonds. The van der Waals surface area contributed by atoms with E-state index in [1.165, 1.54) is 13.8 Å². The van der Waals surface area contributed by atoms with Crippen LogP contribution in [0.3, 0.4) is 0 Å². The third-order valence-corrected chi connectivity index (χ3v) is 2.02. The topological polar surface area (TPSA) is 206 Å². The van der Waals surface area contributed by atoms with Gasteiger partial charge in [-0.3, -0.25) is 4.79 Å². The quantitative estimate of drug-likeness (QED) is 0.365. The number of carboxylic acids is 1. The Kier molecular flexibility index (Phi) is 19.2. The third kappa shape index (κ3) is 13.2. The molecule has 9 nitrogen and oxygen atoms in total. The Labute approximate surface area is 119 Å². The van der Waals surface area contributed by atoms with Crippen molar-refractivity contribution in [3.8, 4) is 0 Å². The van der Waals surface area contributed by atoms with Crippen LogP contribution in [0.2, 0.25) is 0 Å². The zero-order valence-corrected chi connectivity index (χ0v) is 12.9. The molecule has 0 aromatic heterocycles. The van der Waals surface area contributed by atoms with Gasteiger partial charge in [0.05, 0.1) is 6.61 Å². The SMILES string of the molecule is CC(C)(CO)[C@@H](O)C(=O)NCCC(=O)[O-].CC[O-].[NH4+].[NH4+]. The van der Waals surface area contributed by atoms with Crippen LogP contribution in [0.5, 0.6) is 0 Å². The van der Waals surface area contributed by atoms with E-state index in [-0.39, 0.29) is 38.5 Å². The molecule has 0 spiro atoms. The number of amides is 1. The van der Waals surface area contributed by atoms with Gasteiger partial charge in [0.2, 0.25) is 5.91 Å². The number of rotatable bonds is 6. The maximum Gasteiger partial charge on any atom is 0.249 e. The molecule has 9 heteroatoms. The number of aliphatic hydroxyl groups is 2. The van der Waals surface area contributed by atoms with E-state index >= 15 is 0 Å². The molecule has 0 aliphatic heterocycles. The Balaban J connectivity index is -0.000000233. The van der Waals surface area contributed by atoms with Crippen LogP contribution in [-0.4, -0.2) is 48.0 Å². The molecule has 0 rings (SSSR count). The lowest BCUT2D eigenvalue weighted by molar-refractivity contribution is -0.361. The van der Waals surface area contributed by atoms with Crippen LogP contribution in [0.1, 0.15) is 27.2 Å². The summed E-state index contributed by atoms with van der Waals surface area (Å²) in [5, 5.41) is 39.6.